The summed E-state index contributed by atoms with van der Waals surface area (Å²) in [7, 11) is 0. The fourth-order valence-electron chi connectivity index (χ4n) is 4.71. The number of nitrogens with one attached hydrogen (secondary N) is 2. The molecule has 7 heteroatoms. The largest absolute Gasteiger partial charge is 0.356 e. The molecule has 152 valence electrons. The SMILES string of the molecule is O=C(NCC1CC1)C1CN(C(=O)c2cc(-c3cccc(Cl)c3)n[nH]2)CC12CCC2. The number of amides is 2. The molecule has 2 amide bonds. The third-order valence-electron chi connectivity index (χ3n) is 6.79. The van der Waals surface area contributed by atoms with Crippen molar-refractivity contribution < 1.29 is 9.59 Å². The van der Waals surface area contributed by atoms with E-state index in [2.05, 4.69) is 15.5 Å². The Balaban J connectivity index is 1.30. The van der Waals surface area contributed by atoms with E-state index in [-0.39, 0.29) is 23.1 Å². The Kier molecular flexibility index (Phi) is 4.62. The van der Waals surface area contributed by atoms with E-state index in [9.17, 15) is 9.59 Å². The van der Waals surface area contributed by atoms with Crippen molar-refractivity contribution in [3.8, 4) is 11.3 Å². The van der Waals surface area contributed by atoms with Crippen LogP contribution >= 0.6 is 11.6 Å². The van der Waals surface area contributed by atoms with Gasteiger partial charge in [-0.05, 0) is 49.8 Å². The maximum absolute atomic E-state index is 13.1. The second-order valence-electron chi connectivity index (χ2n) is 8.82. The molecule has 1 spiro atoms. The number of carbonyl (C=O) groups is 2. The van der Waals surface area contributed by atoms with Crippen molar-refractivity contribution in [2.24, 2.45) is 17.3 Å². The Morgan fingerprint density at radius 2 is 2.10 bits per heavy atom. The smallest absolute Gasteiger partial charge is 0.271 e. The maximum Gasteiger partial charge on any atom is 0.271 e. The monoisotopic (exact) mass is 412 g/mol. The zero-order valence-corrected chi connectivity index (χ0v) is 17.0. The molecule has 6 nitrogen and oxygen atoms in total. The van der Waals surface area contributed by atoms with Gasteiger partial charge in [0.1, 0.15) is 5.69 Å². The van der Waals surface area contributed by atoms with Crippen LogP contribution in [0.4, 0.5) is 0 Å². The summed E-state index contributed by atoms with van der Waals surface area (Å²) in [5.74, 6) is 0.588. The number of likely N-dealkylation sites (tertiary alicyclic amines) is 1. The van der Waals surface area contributed by atoms with E-state index in [1.165, 1.54) is 12.8 Å². The van der Waals surface area contributed by atoms with Crippen molar-refractivity contribution in [2.45, 2.75) is 32.1 Å². The molecule has 0 radical (unpaired) electrons. The van der Waals surface area contributed by atoms with Gasteiger partial charge in [0, 0.05) is 35.6 Å². The first-order valence-corrected chi connectivity index (χ1v) is 10.8. The maximum atomic E-state index is 13.1. The molecule has 3 aliphatic rings. The summed E-state index contributed by atoms with van der Waals surface area (Å²) < 4.78 is 0. The van der Waals surface area contributed by atoms with E-state index < -0.39 is 0 Å². The third kappa shape index (κ3) is 3.54. The second kappa shape index (κ2) is 7.17. The molecule has 1 aromatic heterocycles. The van der Waals surface area contributed by atoms with Crippen LogP contribution in [-0.4, -0.2) is 46.5 Å². The number of hydrogen-bond donors (Lipinski definition) is 2. The average Bonchev–Trinajstić information content (AvgIpc) is 3.22. The second-order valence-corrected chi connectivity index (χ2v) is 9.26. The minimum Gasteiger partial charge on any atom is -0.356 e. The van der Waals surface area contributed by atoms with Gasteiger partial charge in [0.25, 0.3) is 5.91 Å². The lowest BCUT2D eigenvalue weighted by atomic mass is 9.62. The molecule has 2 aliphatic carbocycles. The number of carbonyl (C=O) groups excluding carboxylic acids is 2. The number of rotatable bonds is 5. The molecule has 29 heavy (non-hydrogen) atoms. The molecule has 1 aromatic carbocycles. The molecule has 5 rings (SSSR count). The molecular formula is C22H25ClN4O2. The lowest BCUT2D eigenvalue weighted by molar-refractivity contribution is -0.129. The number of hydrogen-bond acceptors (Lipinski definition) is 3. The van der Waals surface area contributed by atoms with Gasteiger partial charge in [0.2, 0.25) is 5.91 Å². The fourth-order valence-corrected chi connectivity index (χ4v) is 4.90. The van der Waals surface area contributed by atoms with Crippen LogP contribution in [0.1, 0.15) is 42.6 Å². The predicted octanol–water partition coefficient (Wildman–Crippen LogP) is 3.50. The first-order valence-electron chi connectivity index (χ1n) is 10.4. The minimum atomic E-state index is -0.103. The summed E-state index contributed by atoms with van der Waals surface area (Å²) in [6.45, 7) is 1.92. The van der Waals surface area contributed by atoms with E-state index in [0.717, 1.165) is 31.4 Å². The van der Waals surface area contributed by atoms with Crippen LogP contribution in [0.15, 0.2) is 30.3 Å². The standard InChI is InChI=1S/C22H25ClN4O2/c23-16-4-1-3-15(9-16)18-10-19(26-25-18)21(29)27-12-17(22(13-27)7-2-8-22)20(28)24-11-14-5-6-14/h1,3-4,9-10,14,17H,2,5-8,11-13H2,(H,24,28)(H,25,26). The quantitative estimate of drug-likeness (QED) is 0.788. The number of nitrogens with zero attached hydrogens (tertiary/aromatic N) is 2. The molecule has 2 heterocycles. The molecule has 2 saturated carbocycles. The van der Waals surface area contributed by atoms with Gasteiger partial charge in [-0.25, -0.2) is 0 Å². The van der Waals surface area contributed by atoms with Gasteiger partial charge in [0.05, 0.1) is 11.6 Å². The van der Waals surface area contributed by atoms with Crippen LogP contribution in [0.3, 0.4) is 0 Å². The van der Waals surface area contributed by atoms with E-state index >= 15 is 0 Å². The highest BCUT2D eigenvalue weighted by Crippen LogP contribution is 2.52. The number of halogens is 1. The van der Waals surface area contributed by atoms with E-state index in [4.69, 9.17) is 11.6 Å². The molecule has 1 aliphatic heterocycles. The molecule has 3 fully saturated rings. The topological polar surface area (TPSA) is 78.1 Å². The van der Waals surface area contributed by atoms with Gasteiger partial charge in [-0.2, -0.15) is 5.10 Å². The molecule has 2 N–H and O–H groups in total. The first-order chi connectivity index (χ1) is 14.0. The Hall–Kier alpha value is -2.34. The van der Waals surface area contributed by atoms with Crippen LogP contribution in [0.25, 0.3) is 11.3 Å². The summed E-state index contributed by atoms with van der Waals surface area (Å²) in [6.07, 6.45) is 5.62. The van der Waals surface area contributed by atoms with Crippen LogP contribution in [0, 0.1) is 17.3 Å². The van der Waals surface area contributed by atoms with E-state index in [1.807, 2.05) is 23.1 Å². The van der Waals surface area contributed by atoms with Gasteiger partial charge in [0.15, 0.2) is 0 Å². The van der Waals surface area contributed by atoms with Crippen molar-refractivity contribution in [3.05, 3.63) is 41.0 Å². The Labute approximate surface area is 175 Å². The summed E-state index contributed by atoms with van der Waals surface area (Å²) in [5, 5.41) is 10.9. The van der Waals surface area contributed by atoms with Crippen molar-refractivity contribution >= 4 is 23.4 Å². The number of aromatic nitrogens is 2. The van der Waals surface area contributed by atoms with Crippen LogP contribution in [0.5, 0.6) is 0 Å². The molecule has 1 atom stereocenters. The lowest BCUT2D eigenvalue weighted by Crippen LogP contribution is -2.45. The van der Waals surface area contributed by atoms with Crippen molar-refractivity contribution in [1.82, 2.24) is 20.4 Å². The summed E-state index contributed by atoms with van der Waals surface area (Å²) in [4.78, 5) is 27.8. The van der Waals surface area contributed by atoms with Crippen molar-refractivity contribution in [1.29, 1.82) is 0 Å². The highest BCUT2D eigenvalue weighted by atomic mass is 35.5. The normalized spacial score (nSPS) is 22.5. The molecule has 0 bridgehead atoms. The van der Waals surface area contributed by atoms with Gasteiger partial charge in [-0.3, -0.25) is 14.7 Å². The molecular weight excluding hydrogens is 388 g/mol. The van der Waals surface area contributed by atoms with E-state index in [1.54, 1.807) is 12.1 Å². The first kappa shape index (κ1) is 18.7. The van der Waals surface area contributed by atoms with Crippen molar-refractivity contribution in [3.63, 3.8) is 0 Å². The predicted molar refractivity (Wildman–Crippen MR) is 110 cm³/mol. The van der Waals surface area contributed by atoms with E-state index in [0.29, 0.717) is 35.4 Å². The minimum absolute atomic E-state index is 0.0426. The Bertz CT molecular complexity index is 948. The Morgan fingerprint density at radius 3 is 2.79 bits per heavy atom. The van der Waals surface area contributed by atoms with Crippen molar-refractivity contribution in [2.75, 3.05) is 19.6 Å². The van der Waals surface area contributed by atoms with Crippen LogP contribution in [-0.2, 0) is 4.79 Å². The molecule has 1 unspecified atom stereocenters. The summed E-state index contributed by atoms with van der Waals surface area (Å²) in [5.41, 5.74) is 1.96. The van der Waals surface area contributed by atoms with Crippen LogP contribution in [0.2, 0.25) is 5.02 Å². The highest BCUT2D eigenvalue weighted by Gasteiger charge is 2.54. The molecule has 1 saturated heterocycles. The summed E-state index contributed by atoms with van der Waals surface area (Å²) in [6, 6.07) is 9.17. The van der Waals surface area contributed by atoms with Gasteiger partial charge < -0.3 is 10.2 Å². The number of aromatic amines is 1. The third-order valence-corrected chi connectivity index (χ3v) is 7.03. The lowest BCUT2D eigenvalue weighted by Gasteiger charge is -2.41. The van der Waals surface area contributed by atoms with Gasteiger partial charge >= 0.3 is 0 Å². The summed E-state index contributed by atoms with van der Waals surface area (Å²) >= 11 is 6.07. The number of H-pyrrole nitrogens is 1. The Morgan fingerprint density at radius 1 is 1.28 bits per heavy atom. The van der Waals surface area contributed by atoms with Crippen LogP contribution < -0.4 is 5.32 Å². The fraction of sp³-hybridized carbons (Fsp3) is 0.500. The number of benzene rings is 1. The molecule has 2 aromatic rings. The van der Waals surface area contributed by atoms with Gasteiger partial charge in [-0.1, -0.05) is 30.2 Å². The zero-order chi connectivity index (χ0) is 20.0. The van der Waals surface area contributed by atoms with Gasteiger partial charge in [-0.15, -0.1) is 0 Å². The zero-order valence-electron chi connectivity index (χ0n) is 16.3. The highest BCUT2D eigenvalue weighted by molar-refractivity contribution is 6.30. The average molecular weight is 413 g/mol.